The van der Waals surface area contributed by atoms with E-state index in [0.717, 1.165) is 13.1 Å². The molecule has 5 rings (SSSR count). The molecule has 0 spiro atoms. The lowest BCUT2D eigenvalue weighted by molar-refractivity contribution is 0.0598. The number of carbonyl (C=O) groups excluding carboxylic acids is 2. The summed E-state index contributed by atoms with van der Waals surface area (Å²) in [6.07, 6.45) is 0. The first-order valence-electron chi connectivity index (χ1n) is 15.0. The molecule has 4 aromatic carbocycles. The topological polar surface area (TPSA) is 73.9 Å². The number of ether oxygens (including phenoxy) is 1. The molecule has 0 unspecified atom stereocenters. The number of piperazine rings is 1. The third-order valence-electron chi connectivity index (χ3n) is 7.53. The molecule has 1 fully saturated rings. The van der Waals surface area contributed by atoms with Crippen LogP contribution in [0.5, 0.6) is 5.75 Å². The summed E-state index contributed by atoms with van der Waals surface area (Å²) in [5.74, 6) is 0.700. The Labute approximate surface area is 264 Å². The van der Waals surface area contributed by atoms with Crippen molar-refractivity contribution in [1.82, 2.24) is 15.1 Å². The Balaban J connectivity index is 1.20. The molecule has 2 amide bonds. The van der Waals surface area contributed by atoms with Gasteiger partial charge in [0.05, 0.1) is 23.9 Å². The van der Waals surface area contributed by atoms with Crippen molar-refractivity contribution in [1.29, 1.82) is 0 Å². The lowest BCUT2D eigenvalue weighted by Crippen LogP contribution is -2.50. The molecule has 0 radical (unpaired) electrons. The molecule has 2 N–H and O–H groups in total. The maximum atomic E-state index is 13.7. The van der Waals surface area contributed by atoms with Crippen molar-refractivity contribution in [3.05, 3.63) is 131 Å². The van der Waals surface area contributed by atoms with Crippen molar-refractivity contribution in [2.75, 3.05) is 38.1 Å². The number of hydrogen-bond donors (Lipinski definition) is 2. The number of benzene rings is 4. The van der Waals surface area contributed by atoms with Crippen LogP contribution in [0.2, 0.25) is 0 Å². The number of para-hydroxylation sites is 1. The van der Waals surface area contributed by atoms with Crippen molar-refractivity contribution in [2.45, 2.75) is 19.9 Å². The largest absolute Gasteiger partial charge is 0.493 e. The molecule has 1 aliphatic heterocycles. The van der Waals surface area contributed by atoms with Gasteiger partial charge in [0, 0.05) is 31.7 Å². The van der Waals surface area contributed by atoms with Gasteiger partial charge in [-0.15, -0.1) is 0 Å². The highest BCUT2D eigenvalue weighted by molar-refractivity contribution is 7.80. The van der Waals surface area contributed by atoms with Crippen molar-refractivity contribution in [2.24, 2.45) is 5.92 Å². The number of hydrogen-bond acceptors (Lipinski definition) is 5. The number of nitrogens with zero attached hydrogens (tertiary/aromatic N) is 2. The Bertz CT molecular complexity index is 1510. The van der Waals surface area contributed by atoms with Gasteiger partial charge in [-0.05, 0) is 65.7 Å². The minimum absolute atomic E-state index is 0.0742. The van der Waals surface area contributed by atoms with Crippen LogP contribution in [0.4, 0.5) is 5.69 Å². The molecule has 1 aliphatic rings. The number of carbonyl (C=O) groups is 2. The minimum Gasteiger partial charge on any atom is -0.493 e. The lowest BCUT2D eigenvalue weighted by atomic mass is 9.96. The fraction of sp³-hybridized carbons (Fsp3) is 0.250. The summed E-state index contributed by atoms with van der Waals surface area (Å²) in [4.78, 5) is 30.9. The molecule has 8 heteroatoms. The van der Waals surface area contributed by atoms with Crippen molar-refractivity contribution in [3.8, 4) is 5.75 Å². The Kier molecular flexibility index (Phi) is 10.4. The molecule has 0 atom stereocenters. The van der Waals surface area contributed by atoms with Crippen LogP contribution in [-0.4, -0.2) is 59.5 Å². The molecule has 0 bridgehead atoms. The first-order chi connectivity index (χ1) is 21.4. The second kappa shape index (κ2) is 14.8. The fourth-order valence-electron chi connectivity index (χ4n) is 5.31. The molecular weight excluding hydrogens is 568 g/mol. The smallest absolute Gasteiger partial charge is 0.257 e. The first-order valence-corrected chi connectivity index (χ1v) is 15.4. The minimum atomic E-state index is -0.343. The Morgan fingerprint density at radius 1 is 0.773 bits per heavy atom. The molecule has 0 aromatic heterocycles. The van der Waals surface area contributed by atoms with Crippen LogP contribution < -0.4 is 15.4 Å². The lowest BCUT2D eigenvalue weighted by Gasteiger charge is -2.40. The number of anilines is 1. The summed E-state index contributed by atoms with van der Waals surface area (Å²) in [6.45, 7) is 7.45. The summed E-state index contributed by atoms with van der Waals surface area (Å²) >= 11 is 5.45. The molecule has 7 nitrogen and oxygen atoms in total. The van der Waals surface area contributed by atoms with Crippen molar-refractivity contribution >= 4 is 34.8 Å². The zero-order valence-electron chi connectivity index (χ0n) is 25.1. The van der Waals surface area contributed by atoms with Gasteiger partial charge < -0.3 is 15.0 Å². The van der Waals surface area contributed by atoms with Crippen LogP contribution in [0.1, 0.15) is 51.7 Å². The van der Waals surface area contributed by atoms with Gasteiger partial charge >= 0.3 is 0 Å². The van der Waals surface area contributed by atoms with E-state index in [4.69, 9.17) is 17.0 Å². The first kappa shape index (κ1) is 30.9. The van der Waals surface area contributed by atoms with Gasteiger partial charge in [-0.25, -0.2) is 0 Å². The van der Waals surface area contributed by atoms with E-state index in [0.29, 0.717) is 48.2 Å². The van der Waals surface area contributed by atoms with E-state index >= 15 is 0 Å². The van der Waals surface area contributed by atoms with E-state index in [2.05, 4.69) is 77.9 Å². The monoisotopic (exact) mass is 606 g/mol. The van der Waals surface area contributed by atoms with E-state index in [1.807, 2.05) is 29.2 Å². The predicted octanol–water partition coefficient (Wildman–Crippen LogP) is 6.40. The molecule has 1 saturated heterocycles. The van der Waals surface area contributed by atoms with Gasteiger partial charge in [0.15, 0.2) is 5.11 Å². The van der Waals surface area contributed by atoms with Gasteiger partial charge in [0.25, 0.3) is 11.8 Å². The summed E-state index contributed by atoms with van der Waals surface area (Å²) in [7, 11) is 0. The van der Waals surface area contributed by atoms with E-state index in [9.17, 15) is 9.59 Å². The quantitative estimate of drug-likeness (QED) is 0.215. The van der Waals surface area contributed by atoms with Crippen LogP contribution in [0, 0.1) is 5.92 Å². The normalized spacial score (nSPS) is 13.5. The molecular formula is C36H38N4O3S. The van der Waals surface area contributed by atoms with Crippen LogP contribution in [0.25, 0.3) is 0 Å². The summed E-state index contributed by atoms with van der Waals surface area (Å²) in [5.41, 5.74) is 3.98. The average molecular weight is 607 g/mol. The Morgan fingerprint density at radius 3 is 1.93 bits per heavy atom. The fourth-order valence-corrected chi connectivity index (χ4v) is 5.51. The van der Waals surface area contributed by atoms with Gasteiger partial charge in [-0.3, -0.25) is 19.8 Å². The Hall–Kier alpha value is -4.53. The highest BCUT2D eigenvalue weighted by atomic mass is 32.1. The number of thiocarbonyl (C=S) groups is 1. The van der Waals surface area contributed by atoms with E-state index in [1.165, 1.54) is 11.1 Å². The van der Waals surface area contributed by atoms with E-state index in [1.54, 1.807) is 36.4 Å². The molecule has 44 heavy (non-hydrogen) atoms. The highest BCUT2D eigenvalue weighted by Crippen LogP contribution is 2.30. The standard InChI is InChI=1S/C36H38N4O3S/c1-26(2)25-43-30-19-17-29(18-20-30)34(41)38-36(44)37-32-16-10-9-15-31(32)35(42)40-23-21-39(22-24-40)33(27-11-5-3-6-12-27)28-13-7-4-8-14-28/h3-20,26,33H,21-25H2,1-2H3,(H2,37,38,41,44). The summed E-state index contributed by atoms with van der Waals surface area (Å²) < 4.78 is 5.70. The van der Waals surface area contributed by atoms with Crippen molar-refractivity contribution in [3.63, 3.8) is 0 Å². The van der Waals surface area contributed by atoms with Crippen molar-refractivity contribution < 1.29 is 14.3 Å². The molecule has 4 aromatic rings. The summed E-state index contributed by atoms with van der Waals surface area (Å²) in [6, 6.07) is 35.3. The molecule has 0 saturated carbocycles. The number of amides is 2. The zero-order valence-corrected chi connectivity index (χ0v) is 25.9. The molecule has 0 aliphatic carbocycles. The third kappa shape index (κ3) is 7.89. The number of rotatable bonds is 9. The maximum absolute atomic E-state index is 13.7. The van der Waals surface area contributed by atoms with Gasteiger partial charge in [-0.2, -0.15) is 0 Å². The Morgan fingerprint density at radius 2 is 1.34 bits per heavy atom. The van der Waals surface area contributed by atoms with Crippen LogP contribution in [-0.2, 0) is 0 Å². The summed E-state index contributed by atoms with van der Waals surface area (Å²) in [5, 5.41) is 5.90. The third-order valence-corrected chi connectivity index (χ3v) is 7.73. The maximum Gasteiger partial charge on any atom is 0.257 e. The second-order valence-corrected chi connectivity index (χ2v) is 11.6. The van der Waals surface area contributed by atoms with Gasteiger partial charge in [0.1, 0.15) is 5.75 Å². The van der Waals surface area contributed by atoms with Gasteiger partial charge in [0.2, 0.25) is 0 Å². The van der Waals surface area contributed by atoms with Crippen LogP contribution >= 0.6 is 12.2 Å². The van der Waals surface area contributed by atoms with E-state index < -0.39 is 0 Å². The zero-order chi connectivity index (χ0) is 30.9. The number of nitrogens with one attached hydrogen (secondary N) is 2. The average Bonchev–Trinajstić information content (AvgIpc) is 3.05. The highest BCUT2D eigenvalue weighted by Gasteiger charge is 2.29. The second-order valence-electron chi connectivity index (χ2n) is 11.2. The van der Waals surface area contributed by atoms with Crippen LogP contribution in [0.15, 0.2) is 109 Å². The van der Waals surface area contributed by atoms with Crippen LogP contribution in [0.3, 0.4) is 0 Å². The van der Waals surface area contributed by atoms with Gasteiger partial charge in [-0.1, -0.05) is 86.6 Å². The SMILES string of the molecule is CC(C)COc1ccc(C(=O)NC(=S)Nc2ccccc2C(=O)N2CCN(C(c3ccccc3)c3ccccc3)CC2)cc1. The van der Waals surface area contributed by atoms with E-state index in [-0.39, 0.29) is 23.0 Å². The molecule has 1 heterocycles. The predicted molar refractivity (Wildman–Crippen MR) is 179 cm³/mol. The molecule has 226 valence electrons.